The molecule has 0 spiro atoms. The van der Waals surface area contributed by atoms with Crippen LogP contribution in [0.3, 0.4) is 0 Å². The molecule has 0 fully saturated rings. The summed E-state index contributed by atoms with van der Waals surface area (Å²) >= 11 is 0. The second-order valence-corrected chi connectivity index (χ2v) is 3.93. The van der Waals surface area contributed by atoms with E-state index in [-0.39, 0.29) is 23.9 Å². The second kappa shape index (κ2) is 5.44. The van der Waals surface area contributed by atoms with Crippen LogP contribution in [0.15, 0.2) is 30.3 Å². The van der Waals surface area contributed by atoms with E-state index in [1.54, 1.807) is 0 Å². The lowest BCUT2D eigenvalue weighted by Gasteiger charge is -2.09. The Morgan fingerprint density at radius 3 is 2.33 bits per heavy atom. The van der Waals surface area contributed by atoms with Gasteiger partial charge in [-0.3, -0.25) is 9.59 Å². The molecule has 0 amide bonds. The molecule has 0 N–H and O–H groups in total. The molecule has 0 radical (unpaired) electrons. The topological polar surface area (TPSA) is 34.1 Å². The summed E-state index contributed by atoms with van der Waals surface area (Å²) in [5.41, 5.74) is 1.15. The molecule has 0 saturated heterocycles. The Balaban J connectivity index is 2.53. The van der Waals surface area contributed by atoms with Crippen molar-refractivity contribution in [3.05, 3.63) is 35.9 Å². The van der Waals surface area contributed by atoms with E-state index in [2.05, 4.69) is 0 Å². The molecular formula is C13H16O2. The highest BCUT2D eigenvalue weighted by Crippen LogP contribution is 2.19. The molecule has 0 bridgehead atoms. The van der Waals surface area contributed by atoms with Crippen LogP contribution >= 0.6 is 0 Å². The summed E-state index contributed by atoms with van der Waals surface area (Å²) in [6.07, 6.45) is 0.515. The first-order chi connectivity index (χ1) is 7.09. The molecule has 0 aromatic heterocycles. The van der Waals surface area contributed by atoms with Gasteiger partial charge in [-0.15, -0.1) is 0 Å². The molecule has 0 aliphatic heterocycles. The average Bonchev–Trinajstić information content (AvgIpc) is 2.17. The van der Waals surface area contributed by atoms with Gasteiger partial charge in [-0.25, -0.2) is 0 Å². The Kier molecular flexibility index (Phi) is 4.22. The number of hydrogen-bond acceptors (Lipinski definition) is 2. The van der Waals surface area contributed by atoms with Crippen LogP contribution < -0.4 is 0 Å². The van der Waals surface area contributed by atoms with Crippen molar-refractivity contribution in [1.29, 1.82) is 0 Å². The highest BCUT2D eigenvalue weighted by molar-refractivity contribution is 5.98. The van der Waals surface area contributed by atoms with Crippen molar-refractivity contribution in [3.8, 4) is 0 Å². The van der Waals surface area contributed by atoms with Crippen molar-refractivity contribution in [2.75, 3.05) is 0 Å². The molecule has 0 aliphatic carbocycles. The maximum Gasteiger partial charge on any atom is 0.140 e. The fourth-order valence-electron chi connectivity index (χ4n) is 1.59. The molecule has 2 nitrogen and oxygen atoms in total. The number of benzene rings is 1. The van der Waals surface area contributed by atoms with Crippen LogP contribution in [0.1, 0.15) is 38.2 Å². The van der Waals surface area contributed by atoms with Crippen molar-refractivity contribution < 1.29 is 9.59 Å². The molecule has 0 heterocycles. The van der Waals surface area contributed by atoms with Crippen LogP contribution in [-0.2, 0) is 9.59 Å². The molecule has 80 valence electrons. The molecule has 1 aromatic carbocycles. The van der Waals surface area contributed by atoms with Crippen molar-refractivity contribution in [1.82, 2.24) is 0 Å². The average molecular weight is 204 g/mol. The van der Waals surface area contributed by atoms with Crippen molar-refractivity contribution in [2.45, 2.75) is 32.6 Å². The Morgan fingerprint density at radius 1 is 1.20 bits per heavy atom. The van der Waals surface area contributed by atoms with E-state index in [4.69, 9.17) is 0 Å². The molecule has 1 atom stereocenters. The van der Waals surface area contributed by atoms with E-state index in [0.29, 0.717) is 6.42 Å². The van der Waals surface area contributed by atoms with Gasteiger partial charge in [-0.2, -0.15) is 0 Å². The molecule has 1 rings (SSSR count). The zero-order chi connectivity index (χ0) is 11.3. The van der Waals surface area contributed by atoms with Gasteiger partial charge in [0.05, 0.1) is 6.42 Å². The summed E-state index contributed by atoms with van der Waals surface area (Å²) in [7, 11) is 0. The molecule has 15 heavy (non-hydrogen) atoms. The summed E-state index contributed by atoms with van der Waals surface area (Å²) in [4.78, 5) is 22.2. The van der Waals surface area contributed by atoms with E-state index in [1.165, 1.54) is 6.92 Å². The molecule has 0 aliphatic rings. The van der Waals surface area contributed by atoms with Crippen LogP contribution in [0.25, 0.3) is 0 Å². The number of carbonyl (C=O) groups is 2. The van der Waals surface area contributed by atoms with Gasteiger partial charge in [0.1, 0.15) is 11.6 Å². The minimum absolute atomic E-state index is 0.0267. The third-order valence-electron chi connectivity index (χ3n) is 2.35. The largest absolute Gasteiger partial charge is 0.300 e. The molecule has 0 saturated carbocycles. The summed E-state index contributed by atoms with van der Waals surface area (Å²) in [6, 6.07) is 9.88. The SMILES string of the molecule is CC(=O)CC(=O)CC(C)c1ccccc1. The van der Waals surface area contributed by atoms with Crippen molar-refractivity contribution in [2.24, 2.45) is 0 Å². The first-order valence-electron chi connectivity index (χ1n) is 5.15. The van der Waals surface area contributed by atoms with Crippen LogP contribution in [0.2, 0.25) is 0 Å². The Hall–Kier alpha value is -1.44. The number of ketones is 2. The third kappa shape index (κ3) is 4.07. The van der Waals surface area contributed by atoms with Crippen molar-refractivity contribution in [3.63, 3.8) is 0 Å². The number of carbonyl (C=O) groups excluding carboxylic acids is 2. The van der Waals surface area contributed by atoms with Gasteiger partial charge < -0.3 is 0 Å². The van der Waals surface area contributed by atoms with E-state index in [0.717, 1.165) is 5.56 Å². The zero-order valence-corrected chi connectivity index (χ0v) is 9.19. The first kappa shape index (κ1) is 11.6. The zero-order valence-electron chi connectivity index (χ0n) is 9.19. The van der Waals surface area contributed by atoms with E-state index >= 15 is 0 Å². The minimum Gasteiger partial charge on any atom is -0.300 e. The minimum atomic E-state index is -0.0553. The fourth-order valence-corrected chi connectivity index (χ4v) is 1.59. The fraction of sp³-hybridized carbons (Fsp3) is 0.385. The molecular weight excluding hydrogens is 188 g/mol. The summed E-state index contributed by atoms with van der Waals surface area (Å²) in [5, 5.41) is 0. The van der Waals surface area contributed by atoms with Gasteiger partial charge in [0, 0.05) is 6.42 Å². The van der Waals surface area contributed by atoms with E-state index in [1.807, 2.05) is 37.3 Å². The number of Topliss-reactive ketones (excluding diaryl/α,β-unsaturated/α-hetero) is 2. The third-order valence-corrected chi connectivity index (χ3v) is 2.35. The number of hydrogen-bond donors (Lipinski definition) is 0. The van der Waals surface area contributed by atoms with Crippen LogP contribution in [0, 0.1) is 0 Å². The van der Waals surface area contributed by atoms with Gasteiger partial charge in [0.15, 0.2) is 0 Å². The highest BCUT2D eigenvalue weighted by Gasteiger charge is 2.12. The lowest BCUT2D eigenvalue weighted by molar-refractivity contribution is -0.126. The van der Waals surface area contributed by atoms with E-state index < -0.39 is 0 Å². The summed E-state index contributed by atoms with van der Waals surface area (Å²) < 4.78 is 0. The summed E-state index contributed by atoms with van der Waals surface area (Å²) in [6.45, 7) is 3.46. The lowest BCUT2D eigenvalue weighted by atomic mass is 9.94. The standard InChI is InChI=1S/C13H16O2/c1-10(8-13(15)9-11(2)14)12-6-4-3-5-7-12/h3-7,10H,8-9H2,1-2H3. The Morgan fingerprint density at radius 2 is 1.80 bits per heavy atom. The quantitative estimate of drug-likeness (QED) is 0.691. The Labute approximate surface area is 90.3 Å². The highest BCUT2D eigenvalue weighted by atomic mass is 16.1. The molecule has 2 heteroatoms. The summed E-state index contributed by atoms with van der Waals surface area (Å²) in [5.74, 6) is 0.164. The molecule has 1 unspecified atom stereocenters. The Bertz CT molecular complexity index is 341. The van der Waals surface area contributed by atoms with Gasteiger partial charge in [-0.1, -0.05) is 37.3 Å². The normalized spacial score (nSPS) is 12.1. The second-order valence-electron chi connectivity index (χ2n) is 3.93. The maximum atomic E-state index is 11.4. The lowest BCUT2D eigenvalue weighted by Crippen LogP contribution is -2.08. The van der Waals surface area contributed by atoms with E-state index in [9.17, 15) is 9.59 Å². The van der Waals surface area contributed by atoms with Gasteiger partial charge in [0.2, 0.25) is 0 Å². The van der Waals surface area contributed by atoms with Crippen LogP contribution in [-0.4, -0.2) is 11.6 Å². The molecule has 1 aromatic rings. The van der Waals surface area contributed by atoms with Gasteiger partial charge >= 0.3 is 0 Å². The van der Waals surface area contributed by atoms with Crippen LogP contribution in [0.4, 0.5) is 0 Å². The smallest absolute Gasteiger partial charge is 0.140 e. The van der Waals surface area contributed by atoms with Gasteiger partial charge in [0.25, 0.3) is 0 Å². The maximum absolute atomic E-state index is 11.4. The monoisotopic (exact) mass is 204 g/mol. The van der Waals surface area contributed by atoms with Gasteiger partial charge in [-0.05, 0) is 18.4 Å². The van der Waals surface area contributed by atoms with Crippen LogP contribution in [0.5, 0.6) is 0 Å². The van der Waals surface area contributed by atoms with Crippen molar-refractivity contribution >= 4 is 11.6 Å². The predicted octanol–water partition coefficient (Wildman–Crippen LogP) is 2.73. The first-order valence-corrected chi connectivity index (χ1v) is 5.15. The number of rotatable bonds is 5. The predicted molar refractivity (Wildman–Crippen MR) is 59.8 cm³/mol.